The van der Waals surface area contributed by atoms with E-state index < -0.39 is 0 Å². The maximum absolute atomic E-state index is 5.80. The van der Waals surface area contributed by atoms with Gasteiger partial charge in [-0.3, -0.25) is 11.3 Å². The van der Waals surface area contributed by atoms with Crippen LogP contribution in [0.3, 0.4) is 0 Å². The maximum Gasteiger partial charge on any atom is 0.0241 e. The molecule has 0 rings (SSSR count). The van der Waals surface area contributed by atoms with E-state index in [0.29, 0.717) is 6.04 Å². The molecule has 0 amide bonds. The van der Waals surface area contributed by atoms with Crippen molar-refractivity contribution in [2.24, 2.45) is 17.7 Å². The number of unbranched alkanes of at least 4 members (excludes halogenated alkanes) is 2. The predicted molar refractivity (Wildman–Crippen MR) is 82.3 cm³/mol. The summed E-state index contributed by atoms with van der Waals surface area (Å²) in [4.78, 5) is 0. The highest BCUT2D eigenvalue weighted by Crippen LogP contribution is 2.25. The lowest BCUT2D eigenvalue weighted by molar-refractivity contribution is 0.257. The molecule has 18 heavy (non-hydrogen) atoms. The summed E-state index contributed by atoms with van der Waals surface area (Å²) >= 11 is 0. The highest BCUT2D eigenvalue weighted by atomic mass is 15.2. The molecule has 2 heteroatoms. The van der Waals surface area contributed by atoms with Gasteiger partial charge in [0, 0.05) is 6.04 Å². The van der Waals surface area contributed by atoms with Crippen LogP contribution in [0.15, 0.2) is 0 Å². The molecule has 2 nitrogen and oxygen atoms in total. The van der Waals surface area contributed by atoms with Gasteiger partial charge in [-0.1, -0.05) is 72.6 Å². The maximum atomic E-state index is 5.80. The van der Waals surface area contributed by atoms with Gasteiger partial charge in [-0.15, -0.1) is 0 Å². The Morgan fingerprint density at radius 3 is 1.94 bits per heavy atom. The summed E-state index contributed by atoms with van der Waals surface area (Å²) in [7, 11) is 0. The topological polar surface area (TPSA) is 38.0 Å². The quantitative estimate of drug-likeness (QED) is 0.394. The number of hydrogen-bond donors (Lipinski definition) is 2. The second kappa shape index (κ2) is 12.0. The van der Waals surface area contributed by atoms with Gasteiger partial charge >= 0.3 is 0 Å². The van der Waals surface area contributed by atoms with E-state index in [4.69, 9.17) is 5.84 Å². The Bertz CT molecular complexity index is 170. The van der Waals surface area contributed by atoms with E-state index in [1.165, 1.54) is 57.8 Å². The Morgan fingerprint density at radius 1 is 0.889 bits per heavy atom. The third-order valence-electron chi connectivity index (χ3n) is 4.37. The largest absolute Gasteiger partial charge is 0.271 e. The molecule has 0 heterocycles. The lowest BCUT2D eigenvalue weighted by atomic mass is 9.83. The van der Waals surface area contributed by atoms with E-state index in [9.17, 15) is 0 Å². The minimum Gasteiger partial charge on any atom is -0.271 e. The molecule has 3 N–H and O–H groups in total. The van der Waals surface area contributed by atoms with E-state index in [1.807, 2.05) is 0 Å². The van der Waals surface area contributed by atoms with Gasteiger partial charge in [0.1, 0.15) is 0 Å². The van der Waals surface area contributed by atoms with Gasteiger partial charge in [0.2, 0.25) is 0 Å². The van der Waals surface area contributed by atoms with Gasteiger partial charge in [0.15, 0.2) is 0 Å². The fourth-order valence-electron chi connectivity index (χ4n) is 2.89. The summed E-state index contributed by atoms with van der Waals surface area (Å²) < 4.78 is 0. The molecule has 3 atom stereocenters. The second-order valence-corrected chi connectivity index (χ2v) is 5.74. The molecular formula is C16H36N2. The molecule has 0 aromatic rings. The minimum absolute atomic E-state index is 0.517. The Morgan fingerprint density at radius 2 is 1.50 bits per heavy atom. The summed E-state index contributed by atoms with van der Waals surface area (Å²) in [5.74, 6) is 7.41. The molecule has 0 spiro atoms. The summed E-state index contributed by atoms with van der Waals surface area (Å²) in [6.07, 6.45) is 11.8. The monoisotopic (exact) mass is 256 g/mol. The van der Waals surface area contributed by atoms with Crippen molar-refractivity contribution in [1.82, 2.24) is 5.43 Å². The van der Waals surface area contributed by atoms with Gasteiger partial charge in [-0.05, 0) is 24.7 Å². The molecule has 0 bridgehead atoms. The van der Waals surface area contributed by atoms with Crippen LogP contribution < -0.4 is 11.3 Å². The fraction of sp³-hybridized carbons (Fsp3) is 1.00. The number of hydrazine groups is 1. The highest BCUT2D eigenvalue weighted by Gasteiger charge is 2.21. The lowest BCUT2D eigenvalue weighted by Crippen LogP contribution is -2.42. The molecule has 3 unspecified atom stereocenters. The molecule has 0 aliphatic rings. The number of rotatable bonds is 12. The first-order chi connectivity index (χ1) is 8.73. The van der Waals surface area contributed by atoms with Gasteiger partial charge in [0.05, 0.1) is 0 Å². The molecular weight excluding hydrogens is 220 g/mol. The van der Waals surface area contributed by atoms with Gasteiger partial charge in [-0.25, -0.2) is 0 Å². The Balaban J connectivity index is 4.24. The van der Waals surface area contributed by atoms with E-state index in [-0.39, 0.29) is 0 Å². The van der Waals surface area contributed by atoms with Crippen molar-refractivity contribution in [1.29, 1.82) is 0 Å². The number of nitrogens with two attached hydrogens (primary N) is 1. The Hall–Kier alpha value is -0.0800. The summed E-state index contributed by atoms with van der Waals surface area (Å²) in [6.45, 7) is 9.17. The average molecular weight is 256 g/mol. The normalized spacial score (nSPS) is 16.5. The fourth-order valence-corrected chi connectivity index (χ4v) is 2.89. The first-order valence-corrected chi connectivity index (χ1v) is 8.19. The first kappa shape index (κ1) is 17.9. The van der Waals surface area contributed by atoms with Crippen molar-refractivity contribution in [2.75, 3.05) is 0 Å². The van der Waals surface area contributed by atoms with Crippen LogP contribution in [0, 0.1) is 11.8 Å². The molecule has 0 fully saturated rings. The third-order valence-corrected chi connectivity index (χ3v) is 4.37. The van der Waals surface area contributed by atoms with Crippen LogP contribution in [0.5, 0.6) is 0 Å². The van der Waals surface area contributed by atoms with Gasteiger partial charge < -0.3 is 0 Å². The Kier molecular flexibility index (Phi) is 11.9. The van der Waals surface area contributed by atoms with Crippen molar-refractivity contribution in [3.8, 4) is 0 Å². The first-order valence-electron chi connectivity index (χ1n) is 8.19. The van der Waals surface area contributed by atoms with Gasteiger partial charge in [-0.2, -0.15) is 0 Å². The third kappa shape index (κ3) is 7.38. The zero-order valence-corrected chi connectivity index (χ0v) is 13.2. The highest BCUT2D eigenvalue weighted by molar-refractivity contribution is 4.77. The lowest BCUT2D eigenvalue weighted by Gasteiger charge is -2.29. The second-order valence-electron chi connectivity index (χ2n) is 5.74. The zero-order chi connectivity index (χ0) is 13.8. The summed E-state index contributed by atoms with van der Waals surface area (Å²) in [5, 5.41) is 0. The smallest absolute Gasteiger partial charge is 0.0241 e. The van der Waals surface area contributed by atoms with Crippen molar-refractivity contribution < 1.29 is 0 Å². The standard InChI is InChI=1S/C16H36N2/c1-5-9-11-14(7-3)13-16(18-17)15(8-4)12-10-6-2/h14-16,18H,5-13,17H2,1-4H3. The number of hydrogen-bond acceptors (Lipinski definition) is 2. The molecule has 110 valence electrons. The van der Waals surface area contributed by atoms with Crippen LogP contribution in [0.25, 0.3) is 0 Å². The van der Waals surface area contributed by atoms with Crippen LogP contribution >= 0.6 is 0 Å². The molecule has 0 aromatic carbocycles. The molecule has 0 aromatic heterocycles. The van der Waals surface area contributed by atoms with E-state index >= 15 is 0 Å². The van der Waals surface area contributed by atoms with E-state index in [1.54, 1.807) is 0 Å². The molecule has 0 saturated carbocycles. The zero-order valence-electron chi connectivity index (χ0n) is 13.2. The van der Waals surface area contributed by atoms with Gasteiger partial charge in [0.25, 0.3) is 0 Å². The van der Waals surface area contributed by atoms with Crippen LogP contribution in [-0.2, 0) is 0 Å². The van der Waals surface area contributed by atoms with Crippen LogP contribution in [0.4, 0.5) is 0 Å². The molecule has 0 aliphatic heterocycles. The minimum atomic E-state index is 0.517. The van der Waals surface area contributed by atoms with Crippen molar-refractivity contribution in [3.05, 3.63) is 0 Å². The molecule has 0 saturated heterocycles. The van der Waals surface area contributed by atoms with Crippen LogP contribution in [0.1, 0.15) is 85.5 Å². The van der Waals surface area contributed by atoms with Crippen LogP contribution in [-0.4, -0.2) is 6.04 Å². The molecule has 0 aliphatic carbocycles. The average Bonchev–Trinajstić information content (AvgIpc) is 2.41. The Labute approximate surface area is 115 Å². The van der Waals surface area contributed by atoms with Crippen molar-refractivity contribution >= 4 is 0 Å². The SMILES string of the molecule is CCCCC(CC)CC(NN)C(CC)CCCC. The van der Waals surface area contributed by atoms with E-state index in [2.05, 4.69) is 33.1 Å². The molecule has 0 radical (unpaired) electrons. The summed E-state index contributed by atoms with van der Waals surface area (Å²) in [6, 6.07) is 0.517. The van der Waals surface area contributed by atoms with E-state index in [0.717, 1.165) is 11.8 Å². The predicted octanol–water partition coefficient (Wildman–Crippen LogP) is 4.64. The van der Waals surface area contributed by atoms with Crippen molar-refractivity contribution in [2.45, 2.75) is 91.5 Å². The number of nitrogens with one attached hydrogen (secondary N) is 1. The summed E-state index contributed by atoms with van der Waals surface area (Å²) in [5.41, 5.74) is 3.10. The van der Waals surface area contributed by atoms with Crippen LogP contribution in [0.2, 0.25) is 0 Å². The van der Waals surface area contributed by atoms with Crippen molar-refractivity contribution in [3.63, 3.8) is 0 Å².